The Balaban J connectivity index is 1.98. The second-order valence-corrected chi connectivity index (χ2v) is 6.03. The van der Waals surface area contributed by atoms with Crippen LogP contribution in [0.1, 0.15) is 6.42 Å². The molecule has 1 aromatic carbocycles. The lowest BCUT2D eigenvalue weighted by Crippen LogP contribution is -2.23. The van der Waals surface area contributed by atoms with Crippen LogP contribution in [0.3, 0.4) is 0 Å². The second kappa shape index (κ2) is 4.55. The SMILES string of the molecule is CN1CCC(Cn2c(=O)[nH]c3ccc(Br)cc32)C1. The number of aromatic nitrogens is 2. The molecule has 4 nitrogen and oxygen atoms in total. The fraction of sp³-hybridized carbons (Fsp3) is 0.462. The number of likely N-dealkylation sites (tertiary alicyclic amines) is 1. The number of benzene rings is 1. The van der Waals surface area contributed by atoms with E-state index < -0.39 is 0 Å². The summed E-state index contributed by atoms with van der Waals surface area (Å²) in [4.78, 5) is 17.2. The molecular weight excluding hydrogens is 294 g/mol. The summed E-state index contributed by atoms with van der Waals surface area (Å²) in [6.07, 6.45) is 1.17. The molecular formula is C13H16BrN3O. The van der Waals surface area contributed by atoms with Crippen LogP contribution in [0.25, 0.3) is 11.0 Å². The number of hydrogen-bond acceptors (Lipinski definition) is 2. The Bertz CT molecular complexity index is 631. The van der Waals surface area contributed by atoms with Crippen molar-refractivity contribution in [3.05, 3.63) is 33.2 Å². The molecule has 0 amide bonds. The van der Waals surface area contributed by atoms with Crippen molar-refractivity contribution in [2.45, 2.75) is 13.0 Å². The summed E-state index contributed by atoms with van der Waals surface area (Å²) in [6.45, 7) is 3.01. The molecule has 2 aromatic rings. The predicted octanol–water partition coefficient (Wildman–Crippen LogP) is 2.04. The monoisotopic (exact) mass is 309 g/mol. The Hall–Kier alpha value is -1.07. The van der Waals surface area contributed by atoms with Crippen molar-refractivity contribution in [3.8, 4) is 0 Å². The van der Waals surface area contributed by atoms with Gasteiger partial charge in [-0.3, -0.25) is 4.57 Å². The lowest BCUT2D eigenvalue weighted by Gasteiger charge is -2.11. The molecule has 1 N–H and O–H groups in total. The first-order valence-corrected chi connectivity index (χ1v) is 6.99. The zero-order valence-electron chi connectivity index (χ0n) is 10.3. The molecule has 0 aliphatic carbocycles. The number of hydrogen-bond donors (Lipinski definition) is 1. The molecule has 1 unspecified atom stereocenters. The number of nitrogens with one attached hydrogen (secondary N) is 1. The molecule has 18 heavy (non-hydrogen) atoms. The van der Waals surface area contributed by atoms with Crippen LogP contribution in [0.5, 0.6) is 0 Å². The van der Waals surface area contributed by atoms with E-state index in [1.54, 1.807) is 0 Å². The number of H-pyrrole nitrogens is 1. The summed E-state index contributed by atoms with van der Waals surface area (Å²) in [5.41, 5.74) is 1.90. The van der Waals surface area contributed by atoms with Crippen LogP contribution in [0, 0.1) is 5.92 Å². The Morgan fingerprint density at radius 1 is 1.50 bits per heavy atom. The van der Waals surface area contributed by atoms with Gasteiger partial charge in [-0.25, -0.2) is 4.79 Å². The van der Waals surface area contributed by atoms with Gasteiger partial charge >= 0.3 is 5.69 Å². The topological polar surface area (TPSA) is 41.0 Å². The van der Waals surface area contributed by atoms with E-state index in [4.69, 9.17) is 0 Å². The first-order chi connectivity index (χ1) is 8.63. The fourth-order valence-corrected chi connectivity index (χ4v) is 3.09. The molecule has 0 saturated carbocycles. The molecule has 1 aromatic heterocycles. The fourth-order valence-electron chi connectivity index (χ4n) is 2.74. The average molecular weight is 310 g/mol. The first kappa shape index (κ1) is 12.0. The number of imidazole rings is 1. The summed E-state index contributed by atoms with van der Waals surface area (Å²) in [5, 5.41) is 0. The van der Waals surface area contributed by atoms with Gasteiger partial charge in [-0.2, -0.15) is 0 Å². The summed E-state index contributed by atoms with van der Waals surface area (Å²) >= 11 is 3.46. The summed E-state index contributed by atoms with van der Waals surface area (Å²) in [6, 6.07) is 5.90. The van der Waals surface area contributed by atoms with Crippen molar-refractivity contribution < 1.29 is 0 Å². The van der Waals surface area contributed by atoms with Gasteiger partial charge in [0.2, 0.25) is 0 Å². The van der Waals surface area contributed by atoms with Crippen LogP contribution in [0.2, 0.25) is 0 Å². The highest BCUT2D eigenvalue weighted by Crippen LogP contribution is 2.21. The predicted molar refractivity (Wildman–Crippen MR) is 75.9 cm³/mol. The van der Waals surface area contributed by atoms with Crippen LogP contribution in [0.15, 0.2) is 27.5 Å². The number of halogens is 1. The van der Waals surface area contributed by atoms with Crippen LogP contribution >= 0.6 is 15.9 Å². The van der Waals surface area contributed by atoms with Gasteiger partial charge in [0.25, 0.3) is 0 Å². The van der Waals surface area contributed by atoms with E-state index in [-0.39, 0.29) is 5.69 Å². The van der Waals surface area contributed by atoms with E-state index in [0.29, 0.717) is 5.92 Å². The molecule has 1 saturated heterocycles. The Labute approximate surface area is 114 Å². The average Bonchev–Trinajstić information content (AvgIpc) is 2.86. The Morgan fingerprint density at radius 3 is 3.06 bits per heavy atom. The number of nitrogens with zero attached hydrogens (tertiary/aromatic N) is 2. The van der Waals surface area contributed by atoms with E-state index in [2.05, 4.69) is 32.9 Å². The Kier molecular flexibility index (Phi) is 3.03. The minimum atomic E-state index is -0.00217. The largest absolute Gasteiger partial charge is 0.326 e. The standard InChI is InChI=1S/C13H16BrN3O/c1-16-5-4-9(7-16)8-17-12-6-10(14)2-3-11(12)15-13(17)18/h2-3,6,9H,4-5,7-8H2,1H3,(H,15,18). The number of rotatable bonds is 2. The summed E-state index contributed by atoms with van der Waals surface area (Å²) in [5.74, 6) is 0.575. The van der Waals surface area contributed by atoms with Gasteiger partial charge < -0.3 is 9.88 Å². The van der Waals surface area contributed by atoms with Crippen molar-refractivity contribution in [2.24, 2.45) is 5.92 Å². The van der Waals surface area contributed by atoms with Crippen molar-refractivity contribution in [1.29, 1.82) is 0 Å². The van der Waals surface area contributed by atoms with E-state index in [1.807, 2.05) is 22.8 Å². The van der Waals surface area contributed by atoms with Gasteiger partial charge in [0, 0.05) is 17.6 Å². The van der Waals surface area contributed by atoms with Crippen LogP contribution in [-0.2, 0) is 6.54 Å². The maximum Gasteiger partial charge on any atom is 0.326 e. The van der Waals surface area contributed by atoms with Gasteiger partial charge in [0.15, 0.2) is 0 Å². The molecule has 1 aliphatic rings. The highest BCUT2D eigenvalue weighted by Gasteiger charge is 2.21. The number of fused-ring (bicyclic) bond motifs is 1. The molecule has 2 heterocycles. The third kappa shape index (κ3) is 2.12. The Morgan fingerprint density at radius 2 is 2.33 bits per heavy atom. The molecule has 1 fully saturated rings. The lowest BCUT2D eigenvalue weighted by molar-refractivity contribution is 0.378. The number of aromatic amines is 1. The van der Waals surface area contributed by atoms with Gasteiger partial charge in [-0.15, -0.1) is 0 Å². The molecule has 0 radical (unpaired) electrons. The zero-order chi connectivity index (χ0) is 12.7. The molecule has 0 spiro atoms. The molecule has 3 rings (SSSR count). The highest BCUT2D eigenvalue weighted by molar-refractivity contribution is 9.10. The highest BCUT2D eigenvalue weighted by atomic mass is 79.9. The van der Waals surface area contributed by atoms with Crippen LogP contribution in [-0.4, -0.2) is 34.6 Å². The minimum absolute atomic E-state index is 0.00217. The first-order valence-electron chi connectivity index (χ1n) is 6.20. The van der Waals surface area contributed by atoms with Crippen molar-refractivity contribution >= 4 is 27.0 Å². The maximum atomic E-state index is 12.0. The normalized spacial score (nSPS) is 20.9. The maximum absolute atomic E-state index is 12.0. The van der Waals surface area contributed by atoms with Gasteiger partial charge in [0.1, 0.15) is 0 Å². The van der Waals surface area contributed by atoms with Crippen molar-refractivity contribution in [1.82, 2.24) is 14.5 Å². The van der Waals surface area contributed by atoms with Gasteiger partial charge in [0.05, 0.1) is 11.0 Å². The minimum Gasteiger partial charge on any atom is -0.306 e. The quantitative estimate of drug-likeness (QED) is 0.922. The third-order valence-electron chi connectivity index (χ3n) is 3.67. The van der Waals surface area contributed by atoms with Crippen molar-refractivity contribution in [3.63, 3.8) is 0 Å². The second-order valence-electron chi connectivity index (χ2n) is 5.12. The van der Waals surface area contributed by atoms with Gasteiger partial charge in [-0.05, 0) is 44.1 Å². The van der Waals surface area contributed by atoms with E-state index in [0.717, 1.165) is 35.1 Å². The third-order valence-corrected chi connectivity index (χ3v) is 4.16. The molecule has 1 atom stereocenters. The van der Waals surface area contributed by atoms with E-state index in [9.17, 15) is 4.79 Å². The van der Waals surface area contributed by atoms with Gasteiger partial charge in [-0.1, -0.05) is 15.9 Å². The molecule has 5 heteroatoms. The zero-order valence-corrected chi connectivity index (χ0v) is 11.9. The smallest absolute Gasteiger partial charge is 0.306 e. The van der Waals surface area contributed by atoms with Crippen LogP contribution in [0.4, 0.5) is 0 Å². The summed E-state index contributed by atoms with van der Waals surface area (Å²) in [7, 11) is 2.13. The lowest BCUT2D eigenvalue weighted by atomic mass is 10.1. The summed E-state index contributed by atoms with van der Waals surface area (Å²) < 4.78 is 2.87. The van der Waals surface area contributed by atoms with Crippen molar-refractivity contribution in [2.75, 3.05) is 20.1 Å². The molecule has 1 aliphatic heterocycles. The van der Waals surface area contributed by atoms with E-state index in [1.165, 1.54) is 6.42 Å². The molecule has 0 bridgehead atoms. The van der Waals surface area contributed by atoms with E-state index >= 15 is 0 Å². The van der Waals surface area contributed by atoms with Crippen LogP contribution < -0.4 is 5.69 Å². The molecule has 96 valence electrons.